The molecule has 2 heterocycles. The third kappa shape index (κ3) is 2.27. The van der Waals surface area contributed by atoms with E-state index in [1.807, 2.05) is 36.4 Å². The first-order chi connectivity index (χ1) is 9.15. The number of nitrogens with zero attached hydrogens (tertiary/aromatic N) is 2. The highest BCUT2D eigenvalue weighted by Crippen LogP contribution is 2.31. The maximum Gasteiger partial charge on any atom is 0.265 e. The predicted octanol–water partition coefficient (Wildman–Crippen LogP) is 3.07. The Hall–Kier alpha value is -1.72. The molecule has 0 aliphatic carbocycles. The van der Waals surface area contributed by atoms with E-state index < -0.39 is 0 Å². The summed E-state index contributed by atoms with van der Waals surface area (Å²) in [5, 5.41) is 1.09. The van der Waals surface area contributed by atoms with Crippen molar-refractivity contribution in [1.82, 2.24) is 9.88 Å². The molecule has 3 nitrogen and oxygen atoms in total. The average Bonchev–Trinajstić information content (AvgIpc) is 2.66. The van der Waals surface area contributed by atoms with Crippen LogP contribution in [0.25, 0.3) is 17.0 Å². The van der Waals surface area contributed by atoms with Gasteiger partial charge in [-0.05, 0) is 18.2 Å². The Morgan fingerprint density at radius 3 is 2.79 bits per heavy atom. The molecule has 0 saturated carbocycles. The number of likely N-dealkylation sites (N-methyl/N-ethyl adjacent to an activating group) is 1. The van der Waals surface area contributed by atoms with Gasteiger partial charge in [0.05, 0.1) is 16.1 Å². The zero-order chi connectivity index (χ0) is 13.4. The van der Waals surface area contributed by atoms with E-state index in [4.69, 9.17) is 12.2 Å². The lowest BCUT2D eigenvalue weighted by Gasteiger charge is -2.03. The third-order valence-corrected chi connectivity index (χ3v) is 4.37. The van der Waals surface area contributed by atoms with Crippen molar-refractivity contribution in [3.05, 3.63) is 47.0 Å². The Balaban J connectivity index is 2.02. The van der Waals surface area contributed by atoms with Crippen LogP contribution >= 0.6 is 24.0 Å². The fraction of sp³-hybridized carbons (Fsp3) is 0.0714. The van der Waals surface area contributed by atoms with Gasteiger partial charge in [-0.3, -0.25) is 9.69 Å². The number of fused-ring (bicyclic) bond motifs is 1. The molecule has 0 radical (unpaired) electrons. The second kappa shape index (κ2) is 4.75. The predicted molar refractivity (Wildman–Crippen MR) is 82.7 cm³/mol. The van der Waals surface area contributed by atoms with Crippen LogP contribution in [0.4, 0.5) is 0 Å². The summed E-state index contributed by atoms with van der Waals surface area (Å²) in [4.78, 5) is 18.5. The number of carbonyl (C=O) groups excluding carboxylic acids is 1. The number of thiocarbonyl (C=S) groups is 1. The largest absolute Gasteiger partial charge is 0.296 e. The number of carbonyl (C=O) groups is 1. The number of hydrogen-bond donors (Lipinski definition) is 0. The highest BCUT2D eigenvalue weighted by molar-refractivity contribution is 8.26. The van der Waals surface area contributed by atoms with Gasteiger partial charge in [-0.15, -0.1) is 0 Å². The number of benzene rings is 1. The van der Waals surface area contributed by atoms with Crippen LogP contribution in [0.5, 0.6) is 0 Å². The van der Waals surface area contributed by atoms with Crippen LogP contribution in [0.3, 0.4) is 0 Å². The van der Waals surface area contributed by atoms with Crippen LogP contribution in [0.15, 0.2) is 41.3 Å². The van der Waals surface area contributed by atoms with Gasteiger partial charge in [-0.1, -0.05) is 48.2 Å². The minimum absolute atomic E-state index is 0.0649. The van der Waals surface area contributed by atoms with Gasteiger partial charge in [-0.2, -0.15) is 0 Å². The number of thioether (sulfide) groups is 1. The number of hydrogen-bond acceptors (Lipinski definition) is 4. The SMILES string of the molecule is CN1C(=O)/C(=C\c2ccc3ccccc3n2)SC1=S. The zero-order valence-electron chi connectivity index (χ0n) is 10.2. The summed E-state index contributed by atoms with van der Waals surface area (Å²) in [5.41, 5.74) is 1.69. The van der Waals surface area contributed by atoms with Gasteiger partial charge in [0, 0.05) is 12.4 Å². The first-order valence-electron chi connectivity index (χ1n) is 5.72. The molecule has 1 aromatic heterocycles. The molecule has 2 aromatic rings. The highest BCUT2D eigenvalue weighted by Gasteiger charge is 2.28. The quantitative estimate of drug-likeness (QED) is 0.596. The highest BCUT2D eigenvalue weighted by atomic mass is 32.2. The first-order valence-corrected chi connectivity index (χ1v) is 6.95. The molecule has 1 saturated heterocycles. The molecule has 1 aliphatic heterocycles. The zero-order valence-corrected chi connectivity index (χ0v) is 11.8. The number of amides is 1. The topological polar surface area (TPSA) is 33.2 Å². The van der Waals surface area contributed by atoms with E-state index in [0.29, 0.717) is 9.23 Å². The van der Waals surface area contributed by atoms with E-state index in [0.717, 1.165) is 16.6 Å². The molecule has 1 aliphatic rings. The lowest BCUT2D eigenvalue weighted by molar-refractivity contribution is -0.121. The molecule has 1 aromatic carbocycles. The minimum Gasteiger partial charge on any atom is -0.296 e. The molecule has 1 amide bonds. The van der Waals surface area contributed by atoms with Crippen molar-refractivity contribution < 1.29 is 4.79 Å². The number of rotatable bonds is 1. The molecule has 0 N–H and O–H groups in total. The fourth-order valence-electron chi connectivity index (χ4n) is 1.84. The van der Waals surface area contributed by atoms with Crippen LogP contribution in [0, 0.1) is 0 Å². The molecular weight excluding hydrogens is 276 g/mol. The molecule has 94 valence electrons. The molecule has 1 fully saturated rings. The van der Waals surface area contributed by atoms with Crippen molar-refractivity contribution in [2.24, 2.45) is 0 Å². The van der Waals surface area contributed by atoms with Gasteiger partial charge in [-0.25, -0.2) is 4.98 Å². The summed E-state index contributed by atoms with van der Waals surface area (Å²) in [5.74, 6) is -0.0649. The van der Waals surface area contributed by atoms with Crippen LogP contribution in [0.1, 0.15) is 5.69 Å². The number of pyridine rings is 1. The molecule has 19 heavy (non-hydrogen) atoms. The van der Waals surface area contributed by atoms with E-state index in [9.17, 15) is 4.79 Å². The van der Waals surface area contributed by atoms with E-state index in [1.165, 1.54) is 16.7 Å². The lowest BCUT2D eigenvalue weighted by Crippen LogP contribution is -2.22. The van der Waals surface area contributed by atoms with Crippen LogP contribution in [-0.4, -0.2) is 27.2 Å². The van der Waals surface area contributed by atoms with Gasteiger partial charge < -0.3 is 0 Å². The van der Waals surface area contributed by atoms with Crippen LogP contribution in [0.2, 0.25) is 0 Å². The van der Waals surface area contributed by atoms with Crippen molar-refractivity contribution >= 4 is 51.2 Å². The van der Waals surface area contributed by atoms with Crippen molar-refractivity contribution in [2.45, 2.75) is 0 Å². The maximum atomic E-state index is 11.9. The lowest BCUT2D eigenvalue weighted by atomic mass is 10.2. The Morgan fingerprint density at radius 2 is 2.05 bits per heavy atom. The number of aromatic nitrogens is 1. The fourth-order valence-corrected chi connectivity index (χ4v) is 3.01. The molecule has 5 heteroatoms. The van der Waals surface area contributed by atoms with E-state index in [-0.39, 0.29) is 5.91 Å². The van der Waals surface area contributed by atoms with E-state index in [1.54, 1.807) is 13.1 Å². The maximum absolute atomic E-state index is 11.9. The summed E-state index contributed by atoms with van der Waals surface area (Å²) in [6.45, 7) is 0. The van der Waals surface area contributed by atoms with Crippen molar-refractivity contribution in [3.63, 3.8) is 0 Å². The standard InChI is InChI=1S/C14H10N2OS2/c1-16-13(17)12(19-14(16)18)8-10-7-6-9-4-2-3-5-11(9)15-10/h2-8H,1H3/b12-8+. The normalized spacial score (nSPS) is 17.7. The summed E-state index contributed by atoms with van der Waals surface area (Å²) in [6.07, 6.45) is 1.79. The Kier molecular flexibility index (Phi) is 3.08. The molecule has 0 bridgehead atoms. The Morgan fingerprint density at radius 1 is 1.26 bits per heavy atom. The summed E-state index contributed by atoms with van der Waals surface area (Å²) >= 11 is 6.41. The summed E-state index contributed by atoms with van der Waals surface area (Å²) in [7, 11) is 1.69. The molecule has 0 atom stereocenters. The van der Waals surface area contributed by atoms with Crippen molar-refractivity contribution in [2.75, 3.05) is 7.05 Å². The number of para-hydroxylation sites is 1. The Bertz CT molecular complexity index is 724. The molecule has 0 spiro atoms. The molecular formula is C14H10N2OS2. The van der Waals surface area contributed by atoms with Gasteiger partial charge in [0.1, 0.15) is 4.32 Å². The van der Waals surface area contributed by atoms with Gasteiger partial charge >= 0.3 is 0 Å². The van der Waals surface area contributed by atoms with E-state index >= 15 is 0 Å². The third-order valence-electron chi connectivity index (χ3n) is 2.89. The minimum atomic E-state index is -0.0649. The van der Waals surface area contributed by atoms with Gasteiger partial charge in [0.25, 0.3) is 5.91 Å². The van der Waals surface area contributed by atoms with Crippen molar-refractivity contribution in [3.8, 4) is 0 Å². The van der Waals surface area contributed by atoms with Crippen LogP contribution < -0.4 is 0 Å². The first kappa shape index (κ1) is 12.3. The molecule has 0 unspecified atom stereocenters. The molecule has 3 rings (SSSR count). The van der Waals surface area contributed by atoms with Crippen molar-refractivity contribution in [1.29, 1.82) is 0 Å². The Labute approximate surface area is 120 Å². The average molecular weight is 286 g/mol. The smallest absolute Gasteiger partial charge is 0.265 e. The second-order valence-corrected chi connectivity index (χ2v) is 5.85. The van der Waals surface area contributed by atoms with E-state index in [2.05, 4.69) is 4.98 Å². The summed E-state index contributed by atoms with van der Waals surface area (Å²) in [6, 6.07) is 11.8. The monoisotopic (exact) mass is 286 g/mol. The van der Waals surface area contributed by atoms with Gasteiger partial charge in [0.15, 0.2) is 0 Å². The van der Waals surface area contributed by atoms with Crippen LogP contribution in [-0.2, 0) is 4.79 Å². The van der Waals surface area contributed by atoms with Gasteiger partial charge in [0.2, 0.25) is 0 Å². The summed E-state index contributed by atoms with van der Waals surface area (Å²) < 4.78 is 0.581. The second-order valence-electron chi connectivity index (χ2n) is 4.17.